The Hall–Kier alpha value is -0.870. The molecule has 2 rings (SSSR count). The Morgan fingerprint density at radius 3 is 2.74 bits per heavy atom. The van der Waals surface area contributed by atoms with Crippen molar-refractivity contribution in [2.75, 3.05) is 19.3 Å². The SMILES string of the molecule is CCNC(=NCc1ccc(F)cc1CSC)NCCc1ncc(CC)s1.I. The van der Waals surface area contributed by atoms with Crippen LogP contribution in [0.2, 0.25) is 0 Å². The first-order valence-electron chi connectivity index (χ1n) is 8.88. The fourth-order valence-electron chi connectivity index (χ4n) is 2.46. The highest BCUT2D eigenvalue weighted by Crippen LogP contribution is 2.17. The van der Waals surface area contributed by atoms with Crippen LogP contribution in [0.25, 0.3) is 0 Å². The Labute approximate surface area is 186 Å². The number of thiazole rings is 1. The predicted molar refractivity (Wildman–Crippen MR) is 127 cm³/mol. The minimum atomic E-state index is -0.193. The van der Waals surface area contributed by atoms with Crippen LogP contribution in [0.3, 0.4) is 0 Å². The average molecular weight is 522 g/mol. The molecule has 2 aromatic rings. The molecular formula is C19H28FIN4S2. The zero-order valence-corrected chi connectivity index (χ0v) is 20.0. The number of aliphatic imine (C=N–C) groups is 1. The van der Waals surface area contributed by atoms with Gasteiger partial charge in [0.25, 0.3) is 0 Å². The lowest BCUT2D eigenvalue weighted by Crippen LogP contribution is -2.38. The second kappa shape index (κ2) is 13.3. The number of nitrogens with zero attached hydrogens (tertiary/aromatic N) is 2. The highest BCUT2D eigenvalue weighted by molar-refractivity contribution is 14.0. The third-order valence-corrected chi connectivity index (χ3v) is 5.60. The molecule has 4 nitrogen and oxygen atoms in total. The lowest BCUT2D eigenvalue weighted by atomic mass is 10.1. The molecule has 0 fully saturated rings. The number of hydrogen-bond acceptors (Lipinski definition) is 4. The van der Waals surface area contributed by atoms with Gasteiger partial charge in [0, 0.05) is 36.3 Å². The van der Waals surface area contributed by atoms with E-state index in [9.17, 15) is 4.39 Å². The van der Waals surface area contributed by atoms with Crippen LogP contribution in [-0.2, 0) is 25.1 Å². The van der Waals surface area contributed by atoms with Gasteiger partial charge in [0.05, 0.1) is 11.6 Å². The molecule has 0 bridgehead atoms. The number of thioether (sulfide) groups is 1. The maximum Gasteiger partial charge on any atom is 0.191 e. The highest BCUT2D eigenvalue weighted by atomic mass is 127. The van der Waals surface area contributed by atoms with Crippen molar-refractivity contribution in [3.05, 3.63) is 51.2 Å². The van der Waals surface area contributed by atoms with Crippen LogP contribution < -0.4 is 10.6 Å². The van der Waals surface area contributed by atoms with Crippen LogP contribution in [0.15, 0.2) is 29.4 Å². The third-order valence-electron chi connectivity index (χ3n) is 3.80. The van der Waals surface area contributed by atoms with Crippen LogP contribution in [-0.4, -0.2) is 30.3 Å². The van der Waals surface area contributed by atoms with Gasteiger partial charge in [0.2, 0.25) is 0 Å². The fraction of sp³-hybridized carbons (Fsp3) is 0.474. The summed E-state index contributed by atoms with van der Waals surface area (Å²) in [7, 11) is 0. The summed E-state index contributed by atoms with van der Waals surface area (Å²) >= 11 is 3.45. The number of benzene rings is 1. The minimum Gasteiger partial charge on any atom is -0.357 e. The molecule has 0 aliphatic carbocycles. The zero-order chi connectivity index (χ0) is 18.8. The van der Waals surface area contributed by atoms with Crippen molar-refractivity contribution in [1.82, 2.24) is 15.6 Å². The Morgan fingerprint density at radius 2 is 2.07 bits per heavy atom. The Kier molecular flexibility index (Phi) is 11.9. The van der Waals surface area contributed by atoms with Gasteiger partial charge >= 0.3 is 0 Å². The van der Waals surface area contributed by atoms with Gasteiger partial charge in [-0.3, -0.25) is 0 Å². The third kappa shape index (κ3) is 8.35. The summed E-state index contributed by atoms with van der Waals surface area (Å²) in [5.74, 6) is 1.37. The van der Waals surface area contributed by atoms with Crippen LogP contribution >= 0.6 is 47.1 Å². The summed E-state index contributed by atoms with van der Waals surface area (Å²) in [4.78, 5) is 10.4. The molecule has 1 heterocycles. The molecular weight excluding hydrogens is 494 g/mol. The molecule has 2 N–H and O–H groups in total. The molecule has 0 spiro atoms. The van der Waals surface area contributed by atoms with Crippen molar-refractivity contribution in [1.29, 1.82) is 0 Å². The zero-order valence-electron chi connectivity index (χ0n) is 16.0. The lowest BCUT2D eigenvalue weighted by Gasteiger charge is -2.12. The van der Waals surface area contributed by atoms with Crippen molar-refractivity contribution in [3.8, 4) is 0 Å². The Bertz CT molecular complexity index is 721. The van der Waals surface area contributed by atoms with Gasteiger partial charge in [-0.1, -0.05) is 13.0 Å². The molecule has 0 saturated carbocycles. The molecule has 0 atom stereocenters. The van der Waals surface area contributed by atoms with Crippen LogP contribution in [0.5, 0.6) is 0 Å². The van der Waals surface area contributed by atoms with E-state index in [1.807, 2.05) is 25.4 Å². The van der Waals surface area contributed by atoms with E-state index in [1.165, 1.54) is 10.9 Å². The van der Waals surface area contributed by atoms with E-state index in [1.54, 1.807) is 29.2 Å². The van der Waals surface area contributed by atoms with Crippen molar-refractivity contribution in [2.24, 2.45) is 4.99 Å². The van der Waals surface area contributed by atoms with Crippen molar-refractivity contribution < 1.29 is 4.39 Å². The molecule has 0 saturated heterocycles. The summed E-state index contributed by atoms with van der Waals surface area (Å²) in [5, 5.41) is 7.76. The molecule has 27 heavy (non-hydrogen) atoms. The molecule has 0 aliphatic rings. The monoisotopic (exact) mass is 522 g/mol. The number of halogens is 2. The van der Waals surface area contributed by atoms with E-state index < -0.39 is 0 Å². The van der Waals surface area contributed by atoms with Crippen molar-refractivity contribution in [3.63, 3.8) is 0 Å². The highest BCUT2D eigenvalue weighted by Gasteiger charge is 2.05. The van der Waals surface area contributed by atoms with E-state index in [2.05, 4.69) is 27.5 Å². The second-order valence-corrected chi connectivity index (χ2v) is 7.86. The van der Waals surface area contributed by atoms with E-state index in [0.29, 0.717) is 6.54 Å². The molecule has 150 valence electrons. The number of hydrogen-bond donors (Lipinski definition) is 2. The summed E-state index contributed by atoms with van der Waals surface area (Å²) in [6.45, 7) is 6.30. The van der Waals surface area contributed by atoms with E-state index in [-0.39, 0.29) is 29.8 Å². The van der Waals surface area contributed by atoms with Gasteiger partial charge in [-0.2, -0.15) is 11.8 Å². The summed E-state index contributed by atoms with van der Waals surface area (Å²) in [5.41, 5.74) is 2.07. The normalized spacial score (nSPS) is 11.2. The van der Waals surface area contributed by atoms with E-state index in [4.69, 9.17) is 0 Å². The quantitative estimate of drug-likeness (QED) is 0.287. The summed E-state index contributed by atoms with van der Waals surface area (Å²) in [6, 6.07) is 4.94. The Balaban J connectivity index is 0.00000364. The van der Waals surface area contributed by atoms with Gasteiger partial charge < -0.3 is 10.6 Å². The van der Waals surface area contributed by atoms with Gasteiger partial charge in [-0.05, 0) is 42.9 Å². The largest absolute Gasteiger partial charge is 0.357 e. The molecule has 8 heteroatoms. The topological polar surface area (TPSA) is 49.3 Å². The average Bonchev–Trinajstić information content (AvgIpc) is 3.09. The van der Waals surface area contributed by atoms with Crippen LogP contribution in [0, 0.1) is 5.82 Å². The van der Waals surface area contributed by atoms with Gasteiger partial charge in [0.1, 0.15) is 5.82 Å². The number of guanidine groups is 1. The summed E-state index contributed by atoms with van der Waals surface area (Å²) in [6.07, 6.45) is 5.89. The molecule has 0 aliphatic heterocycles. The first kappa shape index (κ1) is 24.2. The number of aryl methyl sites for hydroxylation is 1. The van der Waals surface area contributed by atoms with Gasteiger partial charge in [0.15, 0.2) is 5.96 Å². The number of aromatic nitrogens is 1. The standard InChI is InChI=1S/C19H27FN4S2.HI/c1-4-17-12-23-18(26-17)8-9-22-19(21-5-2)24-11-14-6-7-16(20)10-15(14)13-25-3;/h6-7,10,12H,4-5,8-9,11,13H2,1-3H3,(H2,21,22,24);1H. The fourth-order valence-corrected chi connectivity index (χ4v) is 3.90. The molecule has 0 radical (unpaired) electrons. The van der Waals surface area contributed by atoms with Crippen LogP contribution in [0.1, 0.15) is 34.9 Å². The van der Waals surface area contributed by atoms with Crippen molar-refractivity contribution >= 4 is 53.0 Å². The number of rotatable bonds is 9. The second-order valence-electron chi connectivity index (χ2n) is 5.79. The first-order chi connectivity index (χ1) is 12.7. The Morgan fingerprint density at radius 1 is 1.26 bits per heavy atom. The van der Waals surface area contributed by atoms with Crippen LogP contribution in [0.4, 0.5) is 4.39 Å². The first-order valence-corrected chi connectivity index (χ1v) is 11.1. The summed E-state index contributed by atoms with van der Waals surface area (Å²) < 4.78 is 13.5. The predicted octanol–water partition coefficient (Wildman–Crippen LogP) is 4.62. The number of nitrogens with one attached hydrogen (secondary N) is 2. The van der Waals surface area contributed by atoms with E-state index in [0.717, 1.165) is 53.8 Å². The smallest absolute Gasteiger partial charge is 0.191 e. The molecule has 0 amide bonds. The molecule has 1 aromatic heterocycles. The lowest BCUT2D eigenvalue weighted by molar-refractivity contribution is 0.625. The van der Waals surface area contributed by atoms with Gasteiger partial charge in [-0.25, -0.2) is 14.4 Å². The minimum absolute atomic E-state index is 0. The molecule has 0 unspecified atom stereocenters. The maximum atomic E-state index is 13.5. The van der Waals surface area contributed by atoms with E-state index >= 15 is 0 Å². The van der Waals surface area contributed by atoms with Gasteiger partial charge in [-0.15, -0.1) is 35.3 Å². The maximum absolute atomic E-state index is 13.5. The molecule has 1 aromatic carbocycles. The van der Waals surface area contributed by atoms with Crippen molar-refractivity contribution in [2.45, 2.75) is 39.0 Å².